The van der Waals surface area contributed by atoms with Crippen LogP contribution in [0.5, 0.6) is 0 Å². The van der Waals surface area contributed by atoms with Gasteiger partial charge in [0.05, 0.1) is 5.56 Å². The molecule has 0 saturated heterocycles. The van der Waals surface area contributed by atoms with Gasteiger partial charge >= 0.3 is 0 Å². The molecule has 0 atom stereocenters. The lowest BCUT2D eigenvalue weighted by Gasteiger charge is -2.13. The van der Waals surface area contributed by atoms with Crippen LogP contribution >= 0.6 is 12.2 Å². The predicted octanol–water partition coefficient (Wildman–Crippen LogP) is 3.05. The molecule has 0 fully saturated rings. The van der Waals surface area contributed by atoms with E-state index in [1.165, 1.54) is 24.1 Å². The Morgan fingerprint density at radius 3 is 2.95 bits per heavy atom. The zero-order valence-electron chi connectivity index (χ0n) is 11.8. The van der Waals surface area contributed by atoms with Crippen molar-refractivity contribution >= 4 is 23.0 Å². The fraction of sp³-hybridized carbons (Fsp3) is 0.600. The fourth-order valence-electron chi connectivity index (χ4n) is 2.51. The number of rotatable bonds is 6. The molecular formula is C15H23N3S. The summed E-state index contributed by atoms with van der Waals surface area (Å²) in [4.78, 5) is 5.15. The minimum Gasteiger partial charge on any atom is -0.389 e. The number of thiocarbonyl (C=S) groups is 1. The van der Waals surface area contributed by atoms with Crippen LogP contribution in [0.1, 0.15) is 49.9 Å². The van der Waals surface area contributed by atoms with E-state index >= 15 is 0 Å². The first-order chi connectivity index (χ1) is 9.08. The van der Waals surface area contributed by atoms with Crippen molar-refractivity contribution in [3.63, 3.8) is 0 Å². The number of fused-ring (bicyclic) bond motifs is 1. The maximum absolute atomic E-state index is 5.81. The van der Waals surface area contributed by atoms with Crippen molar-refractivity contribution < 1.29 is 0 Å². The van der Waals surface area contributed by atoms with Crippen LogP contribution in [0.25, 0.3) is 0 Å². The Bertz CT molecular complexity index is 469. The lowest BCUT2D eigenvalue weighted by molar-refractivity contribution is 0.566. The number of hydrogen-bond donors (Lipinski definition) is 2. The largest absolute Gasteiger partial charge is 0.389 e. The molecule has 1 aliphatic rings. The van der Waals surface area contributed by atoms with E-state index in [9.17, 15) is 0 Å². The number of aromatic nitrogens is 1. The highest BCUT2D eigenvalue weighted by molar-refractivity contribution is 7.80. The summed E-state index contributed by atoms with van der Waals surface area (Å²) >= 11 is 5.14. The molecule has 1 heterocycles. The third-order valence-corrected chi connectivity index (χ3v) is 3.79. The van der Waals surface area contributed by atoms with Gasteiger partial charge in [-0.1, -0.05) is 26.1 Å². The summed E-state index contributed by atoms with van der Waals surface area (Å²) in [5, 5.41) is 3.40. The van der Waals surface area contributed by atoms with Crippen molar-refractivity contribution in [1.29, 1.82) is 0 Å². The topological polar surface area (TPSA) is 50.9 Å². The minimum atomic E-state index is 0.438. The molecule has 0 saturated carbocycles. The number of nitrogens with one attached hydrogen (secondary N) is 1. The molecule has 2 rings (SSSR count). The van der Waals surface area contributed by atoms with E-state index in [1.807, 2.05) is 0 Å². The Hall–Kier alpha value is -1.16. The second-order valence-corrected chi connectivity index (χ2v) is 6.11. The van der Waals surface area contributed by atoms with Crippen LogP contribution in [0.4, 0.5) is 5.82 Å². The smallest absolute Gasteiger partial charge is 0.136 e. The normalized spacial score (nSPS) is 13.6. The molecular weight excluding hydrogens is 254 g/mol. The lowest BCUT2D eigenvalue weighted by Crippen LogP contribution is -2.16. The van der Waals surface area contributed by atoms with Gasteiger partial charge in [0.1, 0.15) is 10.8 Å². The standard InChI is InChI=1S/C15H23N3S/c1-10(2)5-4-8-17-15-12(14(16)19)9-11-6-3-7-13(11)18-15/h9-10H,3-8H2,1-2H3,(H2,16,19)(H,17,18). The summed E-state index contributed by atoms with van der Waals surface area (Å²) in [6.07, 6.45) is 5.74. The summed E-state index contributed by atoms with van der Waals surface area (Å²) in [6, 6.07) is 2.13. The molecule has 0 amide bonds. The Balaban J connectivity index is 2.08. The minimum absolute atomic E-state index is 0.438. The molecule has 3 N–H and O–H groups in total. The average molecular weight is 277 g/mol. The summed E-state index contributed by atoms with van der Waals surface area (Å²) in [6.45, 7) is 5.42. The zero-order valence-corrected chi connectivity index (χ0v) is 12.6. The van der Waals surface area contributed by atoms with E-state index in [2.05, 4.69) is 25.2 Å². The third-order valence-electron chi connectivity index (χ3n) is 3.57. The van der Waals surface area contributed by atoms with Crippen LogP contribution in [0.2, 0.25) is 0 Å². The van der Waals surface area contributed by atoms with Crippen molar-refractivity contribution in [3.8, 4) is 0 Å². The van der Waals surface area contributed by atoms with Gasteiger partial charge in [-0.15, -0.1) is 0 Å². The predicted molar refractivity (Wildman–Crippen MR) is 84.7 cm³/mol. The Morgan fingerprint density at radius 1 is 1.47 bits per heavy atom. The SMILES string of the molecule is CC(C)CCCNc1nc2c(cc1C(N)=S)CCC2. The molecule has 0 bridgehead atoms. The molecule has 0 aliphatic heterocycles. The number of aryl methyl sites for hydroxylation is 2. The van der Waals surface area contributed by atoms with Gasteiger partial charge in [-0.2, -0.15) is 0 Å². The molecule has 0 spiro atoms. The van der Waals surface area contributed by atoms with E-state index in [0.717, 1.165) is 43.1 Å². The first kappa shape index (κ1) is 14.3. The van der Waals surface area contributed by atoms with Crippen molar-refractivity contribution in [3.05, 3.63) is 22.9 Å². The maximum atomic E-state index is 5.81. The van der Waals surface area contributed by atoms with Gasteiger partial charge in [0.2, 0.25) is 0 Å². The van der Waals surface area contributed by atoms with Crippen LogP contribution in [-0.2, 0) is 12.8 Å². The van der Waals surface area contributed by atoms with Crippen molar-refractivity contribution in [2.24, 2.45) is 11.7 Å². The van der Waals surface area contributed by atoms with Gasteiger partial charge in [-0.25, -0.2) is 4.98 Å². The second kappa shape index (κ2) is 6.33. The summed E-state index contributed by atoms with van der Waals surface area (Å²) in [5.41, 5.74) is 9.25. The molecule has 0 unspecified atom stereocenters. The second-order valence-electron chi connectivity index (χ2n) is 5.67. The first-order valence-electron chi connectivity index (χ1n) is 7.14. The highest BCUT2D eigenvalue weighted by Crippen LogP contribution is 2.25. The molecule has 1 aliphatic carbocycles. The Kier molecular flexibility index (Phi) is 4.75. The number of anilines is 1. The number of nitrogens with zero attached hydrogens (tertiary/aromatic N) is 1. The van der Waals surface area contributed by atoms with Gasteiger partial charge < -0.3 is 11.1 Å². The van der Waals surface area contributed by atoms with Gasteiger partial charge in [0.15, 0.2) is 0 Å². The molecule has 0 aromatic carbocycles. The summed E-state index contributed by atoms with van der Waals surface area (Å²) < 4.78 is 0. The van der Waals surface area contributed by atoms with E-state index in [0.29, 0.717) is 4.99 Å². The molecule has 19 heavy (non-hydrogen) atoms. The van der Waals surface area contributed by atoms with E-state index in [4.69, 9.17) is 22.9 Å². The monoisotopic (exact) mass is 277 g/mol. The van der Waals surface area contributed by atoms with Crippen molar-refractivity contribution in [2.75, 3.05) is 11.9 Å². The highest BCUT2D eigenvalue weighted by atomic mass is 32.1. The summed E-state index contributed by atoms with van der Waals surface area (Å²) in [5.74, 6) is 1.61. The first-order valence-corrected chi connectivity index (χ1v) is 7.55. The molecule has 104 valence electrons. The molecule has 4 heteroatoms. The van der Waals surface area contributed by atoms with Crippen molar-refractivity contribution in [1.82, 2.24) is 4.98 Å². The Morgan fingerprint density at radius 2 is 2.26 bits per heavy atom. The van der Waals surface area contributed by atoms with Gasteiger partial charge in [-0.05, 0) is 49.7 Å². The van der Waals surface area contributed by atoms with E-state index < -0.39 is 0 Å². The lowest BCUT2D eigenvalue weighted by atomic mass is 10.1. The van der Waals surface area contributed by atoms with Gasteiger partial charge in [0.25, 0.3) is 0 Å². The molecule has 0 radical (unpaired) electrons. The van der Waals surface area contributed by atoms with Gasteiger partial charge in [-0.3, -0.25) is 0 Å². The van der Waals surface area contributed by atoms with Crippen LogP contribution in [0, 0.1) is 5.92 Å². The van der Waals surface area contributed by atoms with Gasteiger partial charge in [0, 0.05) is 12.2 Å². The van der Waals surface area contributed by atoms with Crippen LogP contribution in [0.3, 0.4) is 0 Å². The van der Waals surface area contributed by atoms with E-state index in [1.54, 1.807) is 0 Å². The van der Waals surface area contributed by atoms with Crippen molar-refractivity contribution in [2.45, 2.75) is 46.0 Å². The highest BCUT2D eigenvalue weighted by Gasteiger charge is 2.17. The van der Waals surface area contributed by atoms with Crippen LogP contribution < -0.4 is 11.1 Å². The van der Waals surface area contributed by atoms with Crippen LogP contribution in [-0.4, -0.2) is 16.5 Å². The molecule has 1 aromatic rings. The molecule has 3 nitrogen and oxygen atoms in total. The average Bonchev–Trinajstić information content (AvgIpc) is 2.80. The fourth-order valence-corrected chi connectivity index (χ4v) is 2.67. The quantitative estimate of drug-likeness (QED) is 0.620. The number of pyridine rings is 1. The van der Waals surface area contributed by atoms with Crippen LogP contribution in [0.15, 0.2) is 6.07 Å². The number of hydrogen-bond acceptors (Lipinski definition) is 3. The summed E-state index contributed by atoms with van der Waals surface area (Å²) in [7, 11) is 0. The Labute approximate surface area is 121 Å². The third kappa shape index (κ3) is 3.66. The maximum Gasteiger partial charge on any atom is 0.136 e. The zero-order chi connectivity index (χ0) is 13.8. The molecule has 1 aromatic heterocycles. The van der Waals surface area contributed by atoms with E-state index in [-0.39, 0.29) is 0 Å². The number of nitrogens with two attached hydrogens (primary N) is 1.